The third-order valence-corrected chi connectivity index (χ3v) is 5.95. The Labute approximate surface area is 160 Å². The SMILES string of the molecule is O=C(NCCNS(=O)(=O)c1ccc(OC2CCCC2)cc1)c1ccccc1. The second-order valence-electron chi connectivity index (χ2n) is 6.52. The van der Waals surface area contributed by atoms with Crippen molar-refractivity contribution in [2.45, 2.75) is 36.7 Å². The summed E-state index contributed by atoms with van der Waals surface area (Å²) in [6, 6.07) is 15.2. The Morgan fingerprint density at radius 1 is 0.963 bits per heavy atom. The van der Waals surface area contributed by atoms with Crippen LogP contribution in [-0.2, 0) is 10.0 Å². The molecule has 0 radical (unpaired) electrons. The maximum absolute atomic E-state index is 12.3. The molecule has 0 aliphatic heterocycles. The van der Waals surface area contributed by atoms with Crippen molar-refractivity contribution in [3.05, 3.63) is 60.2 Å². The molecule has 0 saturated heterocycles. The molecule has 2 aromatic rings. The molecule has 1 amide bonds. The van der Waals surface area contributed by atoms with Crippen LogP contribution in [0.4, 0.5) is 0 Å². The van der Waals surface area contributed by atoms with Crippen molar-refractivity contribution in [3.63, 3.8) is 0 Å². The number of sulfonamides is 1. The lowest BCUT2D eigenvalue weighted by molar-refractivity contribution is 0.0954. The topological polar surface area (TPSA) is 84.5 Å². The number of rotatable bonds is 8. The number of amides is 1. The summed E-state index contributed by atoms with van der Waals surface area (Å²) >= 11 is 0. The third-order valence-electron chi connectivity index (χ3n) is 4.48. The van der Waals surface area contributed by atoms with Crippen molar-refractivity contribution >= 4 is 15.9 Å². The van der Waals surface area contributed by atoms with Crippen molar-refractivity contribution in [3.8, 4) is 5.75 Å². The second-order valence-corrected chi connectivity index (χ2v) is 8.28. The van der Waals surface area contributed by atoms with E-state index in [0.29, 0.717) is 11.3 Å². The van der Waals surface area contributed by atoms with Crippen LogP contribution in [0, 0.1) is 0 Å². The largest absolute Gasteiger partial charge is 0.490 e. The Hall–Kier alpha value is -2.38. The summed E-state index contributed by atoms with van der Waals surface area (Å²) in [5.74, 6) is 0.458. The van der Waals surface area contributed by atoms with Gasteiger partial charge in [0, 0.05) is 18.7 Å². The van der Waals surface area contributed by atoms with E-state index in [1.54, 1.807) is 36.4 Å². The van der Waals surface area contributed by atoms with Gasteiger partial charge < -0.3 is 10.1 Å². The Bertz CT molecular complexity index is 845. The highest BCUT2D eigenvalue weighted by Crippen LogP contribution is 2.24. The van der Waals surface area contributed by atoms with Crippen LogP contribution in [0.3, 0.4) is 0 Å². The third kappa shape index (κ3) is 5.55. The van der Waals surface area contributed by atoms with Gasteiger partial charge in [-0.1, -0.05) is 18.2 Å². The minimum absolute atomic E-state index is 0.112. The van der Waals surface area contributed by atoms with E-state index >= 15 is 0 Å². The van der Waals surface area contributed by atoms with E-state index in [0.717, 1.165) is 12.8 Å². The zero-order chi connectivity index (χ0) is 19.1. The average molecular weight is 388 g/mol. The molecule has 0 spiro atoms. The molecule has 1 saturated carbocycles. The molecule has 144 valence electrons. The highest BCUT2D eigenvalue weighted by Gasteiger charge is 2.17. The van der Waals surface area contributed by atoms with E-state index in [2.05, 4.69) is 10.0 Å². The molecular formula is C20H24N2O4S. The smallest absolute Gasteiger partial charge is 0.251 e. The van der Waals surface area contributed by atoms with Crippen molar-refractivity contribution in [2.24, 2.45) is 0 Å². The fourth-order valence-electron chi connectivity index (χ4n) is 3.03. The van der Waals surface area contributed by atoms with Gasteiger partial charge in [-0.15, -0.1) is 0 Å². The number of benzene rings is 2. The van der Waals surface area contributed by atoms with Gasteiger partial charge in [-0.25, -0.2) is 13.1 Å². The molecule has 0 unspecified atom stereocenters. The lowest BCUT2D eigenvalue weighted by Gasteiger charge is -2.13. The number of nitrogens with one attached hydrogen (secondary N) is 2. The van der Waals surface area contributed by atoms with Gasteiger partial charge >= 0.3 is 0 Å². The molecule has 0 heterocycles. The van der Waals surface area contributed by atoms with E-state index in [4.69, 9.17) is 4.74 Å². The van der Waals surface area contributed by atoms with Gasteiger partial charge in [-0.3, -0.25) is 4.79 Å². The van der Waals surface area contributed by atoms with Crippen LogP contribution in [0.2, 0.25) is 0 Å². The van der Waals surface area contributed by atoms with Crippen LogP contribution in [0.1, 0.15) is 36.0 Å². The number of carbonyl (C=O) groups excluding carboxylic acids is 1. The van der Waals surface area contributed by atoms with Gasteiger partial charge in [0.25, 0.3) is 5.91 Å². The number of ether oxygens (including phenoxy) is 1. The molecule has 0 atom stereocenters. The zero-order valence-electron chi connectivity index (χ0n) is 15.1. The molecule has 1 aliphatic carbocycles. The maximum Gasteiger partial charge on any atom is 0.251 e. The summed E-state index contributed by atoms with van der Waals surface area (Å²) in [7, 11) is -3.62. The van der Waals surface area contributed by atoms with Crippen LogP contribution < -0.4 is 14.8 Å². The van der Waals surface area contributed by atoms with Gasteiger partial charge in [0.1, 0.15) is 5.75 Å². The first-order valence-corrected chi connectivity index (χ1v) is 10.6. The molecular weight excluding hydrogens is 364 g/mol. The quantitative estimate of drug-likeness (QED) is 0.681. The molecule has 1 aliphatic rings. The Morgan fingerprint density at radius 2 is 1.63 bits per heavy atom. The van der Waals surface area contributed by atoms with Crippen LogP contribution >= 0.6 is 0 Å². The van der Waals surface area contributed by atoms with Crippen molar-refractivity contribution in [1.82, 2.24) is 10.0 Å². The maximum atomic E-state index is 12.3. The summed E-state index contributed by atoms with van der Waals surface area (Å²) in [6.45, 7) is 0.317. The summed E-state index contributed by atoms with van der Waals surface area (Å²) in [4.78, 5) is 12.1. The molecule has 1 fully saturated rings. The van der Waals surface area contributed by atoms with Crippen molar-refractivity contribution in [1.29, 1.82) is 0 Å². The normalized spacial score (nSPS) is 14.8. The van der Waals surface area contributed by atoms with E-state index in [1.807, 2.05) is 6.07 Å². The first-order chi connectivity index (χ1) is 13.0. The van der Waals surface area contributed by atoms with Gasteiger partial charge in [0.2, 0.25) is 10.0 Å². The van der Waals surface area contributed by atoms with E-state index in [9.17, 15) is 13.2 Å². The van der Waals surface area contributed by atoms with Crippen LogP contribution in [-0.4, -0.2) is 33.5 Å². The lowest BCUT2D eigenvalue weighted by atomic mass is 10.2. The van der Waals surface area contributed by atoms with Crippen LogP contribution in [0.15, 0.2) is 59.5 Å². The number of hydrogen-bond donors (Lipinski definition) is 2. The highest BCUT2D eigenvalue weighted by molar-refractivity contribution is 7.89. The van der Waals surface area contributed by atoms with Crippen LogP contribution in [0.5, 0.6) is 5.75 Å². The van der Waals surface area contributed by atoms with Crippen LogP contribution in [0.25, 0.3) is 0 Å². The Morgan fingerprint density at radius 3 is 2.30 bits per heavy atom. The lowest BCUT2D eigenvalue weighted by Crippen LogP contribution is -2.34. The molecule has 0 bridgehead atoms. The minimum atomic E-state index is -3.62. The first kappa shape index (κ1) is 19.4. The van der Waals surface area contributed by atoms with Gasteiger partial charge in [0.05, 0.1) is 11.0 Å². The van der Waals surface area contributed by atoms with Crippen molar-refractivity contribution < 1.29 is 17.9 Å². The van der Waals surface area contributed by atoms with E-state index in [1.165, 1.54) is 25.0 Å². The highest BCUT2D eigenvalue weighted by atomic mass is 32.2. The molecule has 27 heavy (non-hydrogen) atoms. The molecule has 6 nitrogen and oxygen atoms in total. The predicted octanol–water partition coefficient (Wildman–Crippen LogP) is 2.72. The Kier molecular flexibility index (Phi) is 6.47. The molecule has 2 N–H and O–H groups in total. The number of hydrogen-bond acceptors (Lipinski definition) is 4. The fourth-order valence-corrected chi connectivity index (χ4v) is 4.06. The van der Waals surface area contributed by atoms with E-state index < -0.39 is 10.0 Å². The van der Waals surface area contributed by atoms with Gasteiger partial charge in [-0.2, -0.15) is 0 Å². The summed E-state index contributed by atoms with van der Waals surface area (Å²) < 4.78 is 33.0. The standard InChI is InChI=1S/C20H24N2O4S/c23-20(16-6-2-1-3-7-16)21-14-15-22-27(24,25)19-12-10-18(11-13-19)26-17-8-4-5-9-17/h1-3,6-7,10-13,17,22H,4-5,8-9,14-15H2,(H,21,23). The minimum Gasteiger partial charge on any atom is -0.490 e. The first-order valence-electron chi connectivity index (χ1n) is 9.14. The summed E-state index contributed by atoms with van der Waals surface area (Å²) in [5.41, 5.74) is 0.540. The Balaban J connectivity index is 1.47. The predicted molar refractivity (Wildman–Crippen MR) is 103 cm³/mol. The monoisotopic (exact) mass is 388 g/mol. The molecule has 0 aromatic heterocycles. The average Bonchev–Trinajstić information content (AvgIpc) is 3.19. The number of carbonyl (C=O) groups is 1. The molecule has 7 heteroatoms. The molecule has 2 aromatic carbocycles. The van der Waals surface area contributed by atoms with Gasteiger partial charge in [-0.05, 0) is 62.1 Å². The zero-order valence-corrected chi connectivity index (χ0v) is 15.9. The van der Waals surface area contributed by atoms with E-state index in [-0.39, 0.29) is 30.0 Å². The van der Waals surface area contributed by atoms with Gasteiger partial charge in [0.15, 0.2) is 0 Å². The fraction of sp³-hybridized carbons (Fsp3) is 0.350. The summed E-state index contributed by atoms with van der Waals surface area (Å²) in [5, 5.41) is 2.69. The molecule has 3 rings (SSSR count). The summed E-state index contributed by atoms with van der Waals surface area (Å²) in [6.07, 6.45) is 4.70. The second kappa shape index (κ2) is 9.01. The van der Waals surface area contributed by atoms with Crippen molar-refractivity contribution in [2.75, 3.05) is 13.1 Å².